The lowest BCUT2D eigenvalue weighted by Gasteiger charge is -2.45. The van der Waals surface area contributed by atoms with Crippen LogP contribution in [0.1, 0.15) is 12.8 Å². The number of anilines is 3. The van der Waals surface area contributed by atoms with E-state index >= 15 is 0 Å². The lowest BCUT2D eigenvalue weighted by Crippen LogP contribution is -2.57. The third kappa shape index (κ3) is 3.30. The van der Waals surface area contributed by atoms with E-state index in [9.17, 15) is 0 Å². The van der Waals surface area contributed by atoms with Crippen molar-refractivity contribution in [3.05, 3.63) is 61.2 Å². The Morgan fingerprint density at radius 1 is 1.06 bits per heavy atom. The number of benzene rings is 2. The summed E-state index contributed by atoms with van der Waals surface area (Å²) in [4.78, 5) is 14.7. The molecular weight excluding hydrogens is 452 g/mol. The second-order valence-electron chi connectivity index (χ2n) is 10.00. The molecule has 1 aliphatic carbocycles. The van der Waals surface area contributed by atoms with Crippen LogP contribution in [0.4, 0.5) is 17.2 Å². The van der Waals surface area contributed by atoms with Crippen LogP contribution in [0, 0.1) is 0 Å². The van der Waals surface area contributed by atoms with Crippen molar-refractivity contribution in [2.75, 3.05) is 36.5 Å². The molecule has 0 spiro atoms. The largest absolute Gasteiger partial charge is 0.489 e. The third-order valence-corrected chi connectivity index (χ3v) is 7.65. The molecule has 3 aromatic heterocycles. The minimum Gasteiger partial charge on any atom is -0.489 e. The first kappa shape index (κ1) is 20.1. The van der Waals surface area contributed by atoms with Gasteiger partial charge in [0.2, 0.25) is 0 Å². The smallest absolute Gasteiger partial charge is 0.180 e. The van der Waals surface area contributed by atoms with Crippen LogP contribution in [0.15, 0.2) is 61.2 Å². The first-order valence-electron chi connectivity index (χ1n) is 12.6. The van der Waals surface area contributed by atoms with Gasteiger partial charge in [0.05, 0.1) is 29.1 Å². The molecule has 0 bridgehead atoms. The minimum absolute atomic E-state index is 0.431. The number of piperazine rings is 1. The van der Waals surface area contributed by atoms with Gasteiger partial charge in [-0.2, -0.15) is 5.10 Å². The number of nitrogens with one attached hydrogen (secondary N) is 2. The highest BCUT2D eigenvalue weighted by Crippen LogP contribution is 2.39. The number of ether oxygens (including phenoxy) is 1. The second-order valence-corrected chi connectivity index (χ2v) is 10.00. The van der Waals surface area contributed by atoms with Gasteiger partial charge >= 0.3 is 0 Å². The van der Waals surface area contributed by atoms with Crippen molar-refractivity contribution in [1.82, 2.24) is 29.5 Å². The summed E-state index contributed by atoms with van der Waals surface area (Å²) in [5, 5.41) is 11.8. The summed E-state index contributed by atoms with van der Waals surface area (Å²) in [5.74, 6) is 1.63. The van der Waals surface area contributed by atoms with E-state index in [0.717, 1.165) is 71.5 Å². The molecule has 5 heterocycles. The van der Waals surface area contributed by atoms with Crippen LogP contribution in [-0.2, 0) is 0 Å². The Morgan fingerprint density at radius 2 is 2.03 bits per heavy atom. The molecule has 8 rings (SSSR count). The predicted octanol–water partition coefficient (Wildman–Crippen LogP) is 4.06. The number of fused-ring (bicyclic) bond motifs is 5. The van der Waals surface area contributed by atoms with Gasteiger partial charge in [0.15, 0.2) is 11.5 Å². The molecule has 1 atom stereocenters. The molecule has 2 aliphatic heterocycles. The van der Waals surface area contributed by atoms with Gasteiger partial charge in [-0.1, -0.05) is 12.1 Å². The molecule has 5 aromatic rings. The highest BCUT2D eigenvalue weighted by atomic mass is 16.5. The molecule has 1 saturated heterocycles. The monoisotopic (exact) mass is 478 g/mol. The first-order chi connectivity index (χ1) is 17.8. The van der Waals surface area contributed by atoms with E-state index in [-0.39, 0.29) is 0 Å². The summed E-state index contributed by atoms with van der Waals surface area (Å²) in [6, 6.07) is 13.8. The zero-order valence-corrected chi connectivity index (χ0v) is 19.8. The van der Waals surface area contributed by atoms with E-state index in [2.05, 4.69) is 66.7 Å². The van der Waals surface area contributed by atoms with E-state index in [0.29, 0.717) is 11.9 Å². The second kappa shape index (κ2) is 7.69. The van der Waals surface area contributed by atoms with Crippen molar-refractivity contribution in [2.45, 2.75) is 24.9 Å². The summed E-state index contributed by atoms with van der Waals surface area (Å²) >= 11 is 0. The van der Waals surface area contributed by atoms with Crippen LogP contribution in [0.25, 0.3) is 27.8 Å². The predicted molar refractivity (Wildman–Crippen MR) is 139 cm³/mol. The molecule has 9 heteroatoms. The SMILES string of the molecule is c1cn2cc(-c3ccc4cn[nH]c4c3)nc(Nc3ccc4c(c3)OC[C@H]3CN(C5CC5)CCN43)c2n1. The van der Waals surface area contributed by atoms with Gasteiger partial charge in [-0.15, -0.1) is 0 Å². The number of hydrogen-bond acceptors (Lipinski definition) is 7. The number of hydrogen-bond donors (Lipinski definition) is 2. The molecule has 2 fully saturated rings. The topological polar surface area (TPSA) is 86.6 Å². The van der Waals surface area contributed by atoms with Crippen LogP contribution < -0.4 is 15.0 Å². The fourth-order valence-corrected chi connectivity index (χ4v) is 5.63. The zero-order chi connectivity index (χ0) is 23.6. The third-order valence-electron chi connectivity index (χ3n) is 7.65. The molecule has 2 aromatic carbocycles. The summed E-state index contributed by atoms with van der Waals surface area (Å²) in [5.41, 5.74) is 5.74. The molecular formula is C27H26N8O. The number of aromatic amines is 1. The van der Waals surface area contributed by atoms with Gasteiger partial charge in [-0.3, -0.25) is 10.00 Å². The lowest BCUT2D eigenvalue weighted by molar-refractivity contribution is 0.161. The van der Waals surface area contributed by atoms with E-state index < -0.39 is 0 Å². The molecule has 36 heavy (non-hydrogen) atoms. The molecule has 9 nitrogen and oxygen atoms in total. The lowest BCUT2D eigenvalue weighted by atomic mass is 10.1. The van der Waals surface area contributed by atoms with Crippen molar-refractivity contribution in [3.8, 4) is 17.0 Å². The number of aromatic nitrogens is 5. The van der Waals surface area contributed by atoms with Gasteiger partial charge in [0.1, 0.15) is 12.4 Å². The van der Waals surface area contributed by atoms with Crippen LogP contribution in [0.5, 0.6) is 5.75 Å². The molecule has 0 unspecified atom stereocenters. The van der Waals surface area contributed by atoms with Crippen molar-refractivity contribution < 1.29 is 4.74 Å². The molecule has 0 radical (unpaired) electrons. The van der Waals surface area contributed by atoms with Gasteiger partial charge in [-0.05, 0) is 31.0 Å². The zero-order valence-electron chi connectivity index (χ0n) is 19.8. The maximum Gasteiger partial charge on any atom is 0.180 e. The van der Waals surface area contributed by atoms with E-state index in [4.69, 9.17) is 9.72 Å². The van der Waals surface area contributed by atoms with Gasteiger partial charge in [-0.25, -0.2) is 9.97 Å². The van der Waals surface area contributed by atoms with Crippen molar-refractivity contribution >= 4 is 33.7 Å². The minimum atomic E-state index is 0.431. The Kier molecular flexibility index (Phi) is 4.30. The van der Waals surface area contributed by atoms with Crippen molar-refractivity contribution in [3.63, 3.8) is 0 Å². The normalized spacial score (nSPS) is 19.8. The Labute approximate surface area is 207 Å². The summed E-state index contributed by atoms with van der Waals surface area (Å²) in [6.07, 6.45) is 10.3. The highest BCUT2D eigenvalue weighted by Gasteiger charge is 2.38. The fraction of sp³-hybridized carbons (Fsp3) is 0.296. The Balaban J connectivity index is 1.11. The number of imidazole rings is 1. The van der Waals surface area contributed by atoms with Gasteiger partial charge in [0.25, 0.3) is 0 Å². The average molecular weight is 479 g/mol. The standard InChI is InChI=1S/C27H26N8O/c1-2-18-13-29-32-22(18)11-17(1)23-15-34-8-7-28-27(34)26(31-23)30-19-3-6-24-25(12-19)36-16-21-14-33(20-4-5-20)9-10-35(21)24/h1-3,6-8,11-13,15,20-21H,4-5,9-10,14,16H2,(H,29,32)(H,30,31)/t21-/m1/s1. The number of rotatable bonds is 4. The Morgan fingerprint density at radius 3 is 2.97 bits per heavy atom. The van der Waals surface area contributed by atoms with Crippen LogP contribution >= 0.6 is 0 Å². The maximum absolute atomic E-state index is 6.26. The number of H-pyrrole nitrogens is 1. The van der Waals surface area contributed by atoms with Crippen molar-refractivity contribution in [1.29, 1.82) is 0 Å². The van der Waals surface area contributed by atoms with E-state index in [1.54, 1.807) is 6.20 Å². The summed E-state index contributed by atoms with van der Waals surface area (Å²) in [7, 11) is 0. The van der Waals surface area contributed by atoms with Gasteiger partial charge < -0.3 is 19.4 Å². The highest BCUT2D eigenvalue weighted by molar-refractivity contribution is 5.84. The Bertz CT molecular complexity index is 1600. The average Bonchev–Trinajstić information content (AvgIpc) is 3.46. The molecule has 180 valence electrons. The molecule has 2 N–H and O–H groups in total. The van der Waals surface area contributed by atoms with E-state index in [1.165, 1.54) is 18.5 Å². The summed E-state index contributed by atoms with van der Waals surface area (Å²) in [6.45, 7) is 4.03. The van der Waals surface area contributed by atoms with Crippen molar-refractivity contribution in [2.24, 2.45) is 0 Å². The van der Waals surface area contributed by atoms with Crippen LogP contribution in [-0.4, -0.2) is 67.8 Å². The molecule has 1 saturated carbocycles. The summed E-state index contributed by atoms with van der Waals surface area (Å²) < 4.78 is 8.26. The fourth-order valence-electron chi connectivity index (χ4n) is 5.63. The quantitative estimate of drug-likeness (QED) is 0.403. The van der Waals surface area contributed by atoms with Crippen LogP contribution in [0.3, 0.4) is 0 Å². The van der Waals surface area contributed by atoms with Crippen LogP contribution in [0.2, 0.25) is 0 Å². The van der Waals surface area contributed by atoms with E-state index in [1.807, 2.05) is 23.0 Å². The molecule has 3 aliphatic rings. The maximum atomic E-state index is 6.26. The Hall–Kier alpha value is -4.11. The first-order valence-corrected chi connectivity index (χ1v) is 12.6. The number of nitrogens with zero attached hydrogens (tertiary/aromatic N) is 6. The van der Waals surface area contributed by atoms with Gasteiger partial charge in [0, 0.05) is 67.0 Å². The molecule has 0 amide bonds.